The van der Waals surface area contributed by atoms with Gasteiger partial charge in [-0.2, -0.15) is 0 Å². The van der Waals surface area contributed by atoms with Crippen molar-refractivity contribution in [3.8, 4) is 5.75 Å². The van der Waals surface area contributed by atoms with E-state index >= 15 is 0 Å². The van der Waals surface area contributed by atoms with Gasteiger partial charge in [0.25, 0.3) is 11.8 Å². The van der Waals surface area contributed by atoms with Gasteiger partial charge in [0.1, 0.15) is 0 Å². The van der Waals surface area contributed by atoms with Gasteiger partial charge in [-0.25, -0.2) is 9.29 Å². The number of alkyl halides is 3. The minimum absolute atomic E-state index is 0.0547. The lowest BCUT2D eigenvalue weighted by molar-refractivity contribution is -0.275. The van der Waals surface area contributed by atoms with Crippen LogP contribution in [-0.4, -0.2) is 18.2 Å². The Kier molecular flexibility index (Phi) is 3.32. The van der Waals surface area contributed by atoms with Crippen LogP contribution >= 0.6 is 0 Å². The van der Waals surface area contributed by atoms with Gasteiger partial charge in [-0.15, -0.1) is 13.2 Å². The first-order chi connectivity index (χ1) is 10.8. The molecule has 23 heavy (non-hydrogen) atoms. The molecule has 0 saturated heterocycles. The molecule has 1 aliphatic heterocycles. The maximum absolute atomic E-state index is 14.3. The Morgan fingerprint density at radius 2 is 1.43 bits per heavy atom. The van der Waals surface area contributed by atoms with Crippen molar-refractivity contribution in [2.75, 3.05) is 4.90 Å². The van der Waals surface area contributed by atoms with Crippen LogP contribution in [0.15, 0.2) is 42.5 Å². The number of carbonyl (C=O) groups is 2. The molecule has 0 fully saturated rings. The van der Waals surface area contributed by atoms with Gasteiger partial charge in [-0.3, -0.25) is 9.59 Å². The van der Waals surface area contributed by atoms with E-state index in [1.54, 1.807) is 0 Å². The smallest absolute Gasteiger partial charge is 0.403 e. The number of benzene rings is 2. The van der Waals surface area contributed by atoms with Crippen molar-refractivity contribution in [1.82, 2.24) is 0 Å². The largest absolute Gasteiger partial charge is 0.573 e. The number of hydrogen-bond acceptors (Lipinski definition) is 3. The molecule has 0 aromatic heterocycles. The van der Waals surface area contributed by atoms with Crippen LogP contribution in [0.4, 0.5) is 23.2 Å². The monoisotopic (exact) mass is 325 g/mol. The minimum atomic E-state index is -5.10. The van der Waals surface area contributed by atoms with E-state index in [0.717, 1.165) is 18.2 Å². The summed E-state index contributed by atoms with van der Waals surface area (Å²) in [4.78, 5) is 25.0. The molecule has 8 heteroatoms. The zero-order chi connectivity index (χ0) is 16.8. The van der Waals surface area contributed by atoms with E-state index < -0.39 is 35.4 Å². The number of anilines is 1. The first-order valence-corrected chi connectivity index (χ1v) is 6.31. The number of rotatable bonds is 2. The average molecular weight is 325 g/mol. The van der Waals surface area contributed by atoms with Crippen molar-refractivity contribution < 1.29 is 31.9 Å². The van der Waals surface area contributed by atoms with Crippen molar-refractivity contribution in [3.63, 3.8) is 0 Å². The van der Waals surface area contributed by atoms with E-state index in [0.29, 0.717) is 4.90 Å². The summed E-state index contributed by atoms with van der Waals surface area (Å²) in [6.07, 6.45) is -5.10. The molecule has 1 heterocycles. The fourth-order valence-corrected chi connectivity index (χ4v) is 2.28. The van der Waals surface area contributed by atoms with E-state index in [4.69, 9.17) is 0 Å². The van der Waals surface area contributed by atoms with Crippen LogP contribution in [0.5, 0.6) is 5.75 Å². The van der Waals surface area contributed by atoms with Crippen molar-refractivity contribution in [2.45, 2.75) is 6.36 Å². The highest BCUT2D eigenvalue weighted by molar-refractivity contribution is 6.34. The number of hydrogen-bond donors (Lipinski definition) is 0. The second-order valence-electron chi connectivity index (χ2n) is 4.63. The number of ether oxygens (including phenoxy) is 1. The molecule has 0 saturated carbocycles. The molecule has 0 aliphatic carbocycles. The van der Waals surface area contributed by atoms with E-state index in [1.165, 1.54) is 24.3 Å². The Labute approximate surface area is 126 Å². The van der Waals surface area contributed by atoms with Gasteiger partial charge < -0.3 is 4.74 Å². The topological polar surface area (TPSA) is 46.6 Å². The Hall–Kier alpha value is -2.90. The van der Waals surface area contributed by atoms with Gasteiger partial charge >= 0.3 is 6.36 Å². The van der Waals surface area contributed by atoms with Gasteiger partial charge in [-0.05, 0) is 24.3 Å². The van der Waals surface area contributed by atoms with Gasteiger partial charge in [0.15, 0.2) is 11.6 Å². The predicted octanol–water partition coefficient (Wildman–Crippen LogP) is 3.52. The zero-order valence-corrected chi connectivity index (χ0v) is 11.2. The van der Waals surface area contributed by atoms with Crippen LogP contribution in [0.3, 0.4) is 0 Å². The second kappa shape index (κ2) is 5.08. The summed E-state index contributed by atoms with van der Waals surface area (Å²) in [5.74, 6) is -4.19. The molecule has 0 spiro atoms. The number of fused-ring (bicyclic) bond motifs is 1. The van der Waals surface area contributed by atoms with Crippen molar-refractivity contribution in [1.29, 1.82) is 0 Å². The lowest BCUT2D eigenvalue weighted by atomic mass is 10.1. The van der Waals surface area contributed by atoms with E-state index in [1.807, 2.05) is 0 Å². The summed E-state index contributed by atoms with van der Waals surface area (Å²) in [6.45, 7) is 0. The maximum Gasteiger partial charge on any atom is 0.573 e. The molecule has 2 aromatic carbocycles. The Bertz CT molecular complexity index is 782. The highest BCUT2D eigenvalue weighted by Gasteiger charge is 2.39. The third-order valence-corrected chi connectivity index (χ3v) is 3.20. The highest BCUT2D eigenvalue weighted by Crippen LogP contribution is 2.35. The van der Waals surface area contributed by atoms with Crippen LogP contribution in [0.2, 0.25) is 0 Å². The van der Waals surface area contributed by atoms with Crippen molar-refractivity contribution >= 4 is 17.5 Å². The molecule has 0 bridgehead atoms. The number of imide groups is 1. The third-order valence-electron chi connectivity index (χ3n) is 3.20. The quantitative estimate of drug-likeness (QED) is 0.627. The number of carbonyl (C=O) groups excluding carboxylic acids is 2. The maximum atomic E-state index is 14.3. The van der Waals surface area contributed by atoms with Gasteiger partial charge in [0.2, 0.25) is 0 Å². The fourth-order valence-electron chi connectivity index (χ4n) is 2.28. The molecule has 4 nitrogen and oxygen atoms in total. The summed E-state index contributed by atoms with van der Waals surface area (Å²) in [6, 6.07) is 8.64. The number of halogens is 4. The van der Waals surface area contributed by atoms with Crippen LogP contribution in [0, 0.1) is 5.82 Å². The number of nitrogens with zero attached hydrogens (tertiary/aromatic N) is 1. The summed E-state index contributed by atoms with van der Waals surface area (Å²) in [5.41, 5.74) is -0.490. The second-order valence-corrected chi connectivity index (χ2v) is 4.63. The van der Waals surface area contributed by atoms with Crippen LogP contribution < -0.4 is 9.64 Å². The molecule has 0 N–H and O–H groups in total. The summed E-state index contributed by atoms with van der Waals surface area (Å²) < 4.78 is 54.6. The van der Waals surface area contributed by atoms with E-state index in [2.05, 4.69) is 4.74 Å². The summed E-state index contributed by atoms with van der Waals surface area (Å²) in [7, 11) is 0. The molecular formula is C15H7F4NO3. The van der Waals surface area contributed by atoms with E-state index in [9.17, 15) is 27.2 Å². The van der Waals surface area contributed by atoms with E-state index in [-0.39, 0.29) is 11.1 Å². The van der Waals surface area contributed by atoms with Crippen molar-refractivity contribution in [2.24, 2.45) is 0 Å². The molecule has 1 aliphatic rings. The Morgan fingerprint density at radius 3 is 1.96 bits per heavy atom. The molecule has 118 valence electrons. The van der Waals surface area contributed by atoms with Gasteiger partial charge in [0.05, 0.1) is 16.8 Å². The normalized spacial score (nSPS) is 14.2. The molecule has 0 radical (unpaired) electrons. The molecular weight excluding hydrogens is 318 g/mol. The lowest BCUT2D eigenvalue weighted by Crippen LogP contribution is -2.30. The van der Waals surface area contributed by atoms with Crippen LogP contribution in [-0.2, 0) is 0 Å². The van der Waals surface area contributed by atoms with Gasteiger partial charge in [0, 0.05) is 0 Å². The first kappa shape index (κ1) is 15.0. The van der Waals surface area contributed by atoms with Gasteiger partial charge in [-0.1, -0.05) is 18.2 Å². The van der Waals surface area contributed by atoms with Crippen LogP contribution in [0.25, 0.3) is 0 Å². The summed E-state index contributed by atoms with van der Waals surface area (Å²) >= 11 is 0. The highest BCUT2D eigenvalue weighted by atomic mass is 19.4. The first-order valence-electron chi connectivity index (χ1n) is 6.31. The third kappa shape index (κ3) is 2.52. The molecule has 3 rings (SSSR count). The molecule has 0 atom stereocenters. The average Bonchev–Trinajstić information content (AvgIpc) is 2.73. The molecule has 2 amide bonds. The predicted molar refractivity (Wildman–Crippen MR) is 70.7 cm³/mol. The minimum Gasteiger partial charge on any atom is -0.403 e. The zero-order valence-electron chi connectivity index (χ0n) is 11.2. The fraction of sp³-hybridized carbons (Fsp3) is 0.0667. The number of amides is 2. The Balaban J connectivity index is 2.06. The molecule has 2 aromatic rings. The lowest BCUT2D eigenvalue weighted by Gasteiger charge is -2.17. The SMILES string of the molecule is O=C1c2ccccc2C(=O)N1c1cccc(OC(F)(F)F)c1F. The van der Waals surface area contributed by atoms with Crippen molar-refractivity contribution in [3.05, 3.63) is 59.4 Å². The molecule has 0 unspecified atom stereocenters. The Morgan fingerprint density at radius 1 is 0.870 bits per heavy atom. The standard InChI is InChI=1S/C15H7F4NO3/c16-12-10(6-3-7-11(12)23-15(17,18)19)20-13(21)8-4-1-2-5-9(8)14(20)22/h1-7H. The summed E-state index contributed by atoms with van der Waals surface area (Å²) in [5, 5.41) is 0. The van der Waals surface area contributed by atoms with Crippen LogP contribution in [0.1, 0.15) is 20.7 Å².